The third-order valence-corrected chi connectivity index (χ3v) is 8.22. The van der Waals surface area contributed by atoms with Gasteiger partial charge in [-0.3, -0.25) is 14.3 Å². The van der Waals surface area contributed by atoms with Gasteiger partial charge in [-0.1, -0.05) is 18.2 Å². The van der Waals surface area contributed by atoms with Gasteiger partial charge in [-0.25, -0.2) is 13.6 Å². The van der Waals surface area contributed by atoms with E-state index >= 15 is 0 Å². The number of para-hydroxylation sites is 1. The Balaban J connectivity index is 1.86. The van der Waals surface area contributed by atoms with Crippen molar-refractivity contribution in [2.45, 2.75) is 49.9 Å². The van der Waals surface area contributed by atoms with Gasteiger partial charge >= 0.3 is 13.7 Å². The molecule has 2 heterocycles. The van der Waals surface area contributed by atoms with Crippen molar-refractivity contribution in [2.24, 2.45) is 15.8 Å². The van der Waals surface area contributed by atoms with Crippen LogP contribution in [0.3, 0.4) is 0 Å². The van der Waals surface area contributed by atoms with Crippen LogP contribution in [-0.2, 0) is 28.1 Å². The van der Waals surface area contributed by atoms with Crippen LogP contribution < -0.4 is 15.3 Å². The number of benzene rings is 1. The lowest BCUT2D eigenvalue weighted by Gasteiger charge is -2.31. The van der Waals surface area contributed by atoms with E-state index in [1.165, 1.54) is 44.0 Å². The van der Waals surface area contributed by atoms with Crippen LogP contribution in [0.1, 0.15) is 31.3 Å². The molecule has 2 aromatic rings. The molecule has 7 atom stereocenters. The highest BCUT2D eigenvalue weighted by Crippen LogP contribution is 2.48. The number of aliphatic imine (C=N–C) groups is 1. The van der Waals surface area contributed by atoms with E-state index < -0.39 is 57.0 Å². The fourth-order valence-electron chi connectivity index (χ4n) is 4.09. The summed E-state index contributed by atoms with van der Waals surface area (Å²) in [4.78, 5) is 16.4. The number of aliphatic hydroxyl groups is 2. The van der Waals surface area contributed by atoms with E-state index in [1.54, 1.807) is 31.2 Å². The summed E-state index contributed by atoms with van der Waals surface area (Å²) in [5.74, 6) is -0.564. The van der Waals surface area contributed by atoms with Gasteiger partial charge in [0.25, 0.3) is 0 Å². The molecule has 1 fully saturated rings. The minimum Gasteiger partial charge on any atom is -0.462 e. The van der Waals surface area contributed by atoms with Crippen LogP contribution >= 0.6 is 7.75 Å². The molecule has 1 saturated heterocycles. The average Bonchev–Trinajstić information content (AvgIpc) is 3.53. The maximum atomic E-state index is 14.6. The van der Waals surface area contributed by atoms with E-state index in [0.29, 0.717) is 5.69 Å². The monoisotopic (exact) mass is 613 g/mol. The van der Waals surface area contributed by atoms with Crippen LogP contribution in [0.25, 0.3) is 0 Å². The van der Waals surface area contributed by atoms with Crippen molar-refractivity contribution in [3.05, 3.63) is 53.9 Å². The zero-order valence-corrected chi connectivity index (χ0v) is 24.6. The van der Waals surface area contributed by atoms with Crippen molar-refractivity contribution in [1.82, 2.24) is 9.76 Å². The molecule has 5 N–H and O–H groups in total. The molecular formula is C26H37FN5O9P. The van der Waals surface area contributed by atoms with E-state index in [2.05, 4.69) is 21.9 Å². The van der Waals surface area contributed by atoms with Crippen molar-refractivity contribution in [2.75, 3.05) is 34.0 Å². The summed E-state index contributed by atoms with van der Waals surface area (Å²) < 4.78 is 57.0. The number of hydrogen-bond acceptors (Lipinski definition) is 11. The second-order valence-electron chi connectivity index (χ2n) is 9.58. The SMILES string of the molecule is C=Nn1c(C(N)=NC)ccc1[C@@H]1O[C@](CF)(COP(=O)(N[C@@H](C)C(=O)OC[C@@H](C)OC)Oc2ccccc2)[C@@H](O)[C@H]1O. The van der Waals surface area contributed by atoms with E-state index in [4.69, 9.17) is 29.0 Å². The van der Waals surface area contributed by atoms with Crippen LogP contribution in [0.15, 0.2) is 52.6 Å². The number of nitrogens with one attached hydrogen (secondary N) is 1. The molecule has 42 heavy (non-hydrogen) atoms. The van der Waals surface area contributed by atoms with Gasteiger partial charge in [0.05, 0.1) is 18.4 Å². The van der Waals surface area contributed by atoms with Crippen LogP contribution in [0, 0.1) is 0 Å². The number of carbonyl (C=O) groups is 1. The largest absolute Gasteiger partial charge is 0.462 e. The third-order valence-electron chi connectivity index (χ3n) is 6.60. The molecular weight excluding hydrogens is 576 g/mol. The molecule has 0 amide bonds. The van der Waals surface area contributed by atoms with E-state index in [9.17, 15) is 24.0 Å². The van der Waals surface area contributed by atoms with Gasteiger partial charge < -0.3 is 34.7 Å². The molecule has 0 spiro atoms. The van der Waals surface area contributed by atoms with E-state index in [1.807, 2.05) is 0 Å². The molecule has 1 unspecified atom stereocenters. The Morgan fingerprint density at radius 3 is 2.57 bits per heavy atom. The molecule has 232 valence electrons. The van der Waals surface area contributed by atoms with Crippen LogP contribution in [0.5, 0.6) is 5.75 Å². The van der Waals surface area contributed by atoms with Crippen molar-refractivity contribution in [3.8, 4) is 5.75 Å². The first kappa shape index (κ1) is 33.3. The molecule has 3 rings (SSSR count). The Bertz CT molecular complexity index is 1300. The molecule has 0 bridgehead atoms. The number of nitrogens with zero attached hydrogens (tertiary/aromatic N) is 3. The second kappa shape index (κ2) is 14.3. The fraction of sp³-hybridized carbons (Fsp3) is 0.500. The summed E-state index contributed by atoms with van der Waals surface area (Å²) in [7, 11) is -1.54. The molecule has 16 heteroatoms. The Morgan fingerprint density at radius 1 is 1.29 bits per heavy atom. The lowest BCUT2D eigenvalue weighted by Crippen LogP contribution is -2.49. The number of ether oxygens (including phenoxy) is 3. The Hall–Kier alpha value is -3.17. The standard InChI is InChI=1S/C26H37FN5O9P/c1-16(37-5)13-38-25(35)17(2)31-42(36,41-18-9-7-6-8-10-18)39-15-26(14-27)23(34)21(33)22(40-26)19-11-12-20(24(28)29-3)32(19)30-4/h6-12,16-17,21-23,33-34H,4,13-15H2,1-3,5H3,(H2,28,29)(H,31,36)/t16-,17+,21+,22+,23+,26-,42?/m1/s1. The maximum Gasteiger partial charge on any atom is 0.459 e. The molecule has 0 radical (unpaired) electrons. The molecule has 1 aliphatic heterocycles. The van der Waals surface area contributed by atoms with Gasteiger partial charge in [0.15, 0.2) is 0 Å². The average molecular weight is 614 g/mol. The molecule has 1 aliphatic rings. The highest BCUT2D eigenvalue weighted by molar-refractivity contribution is 7.52. The molecule has 14 nitrogen and oxygen atoms in total. The zero-order valence-electron chi connectivity index (χ0n) is 23.8. The van der Waals surface area contributed by atoms with E-state index in [0.717, 1.165) is 0 Å². The van der Waals surface area contributed by atoms with Crippen molar-refractivity contribution >= 4 is 26.3 Å². The van der Waals surface area contributed by atoms with Gasteiger partial charge in [-0.15, -0.1) is 0 Å². The number of halogens is 1. The van der Waals surface area contributed by atoms with Crippen molar-refractivity contribution < 1.29 is 47.2 Å². The van der Waals surface area contributed by atoms with Crippen LogP contribution in [0.2, 0.25) is 0 Å². The number of nitrogens with two attached hydrogens (primary N) is 1. The number of alkyl halides is 1. The lowest BCUT2D eigenvalue weighted by molar-refractivity contribution is -0.148. The van der Waals surface area contributed by atoms with Crippen LogP contribution in [-0.4, -0.2) is 97.4 Å². The number of methoxy groups -OCH3 is 1. The quantitative estimate of drug-likeness (QED) is 0.0987. The number of aliphatic hydroxyl groups excluding tert-OH is 2. The predicted octanol–water partition coefficient (Wildman–Crippen LogP) is 1.55. The Kier molecular flexibility index (Phi) is 11.4. The minimum atomic E-state index is -4.47. The number of aromatic nitrogens is 1. The summed E-state index contributed by atoms with van der Waals surface area (Å²) in [6.07, 6.45) is -5.20. The van der Waals surface area contributed by atoms with E-state index in [-0.39, 0.29) is 30.0 Å². The highest BCUT2D eigenvalue weighted by atomic mass is 31.2. The van der Waals surface area contributed by atoms with Gasteiger partial charge in [0, 0.05) is 20.9 Å². The summed E-state index contributed by atoms with van der Waals surface area (Å²) in [6, 6.07) is 9.75. The molecule has 0 aliphatic carbocycles. The van der Waals surface area contributed by atoms with Crippen LogP contribution in [0.4, 0.5) is 4.39 Å². The highest BCUT2D eigenvalue weighted by Gasteiger charge is 2.57. The minimum absolute atomic E-state index is 0.0604. The fourth-order valence-corrected chi connectivity index (χ4v) is 5.63. The Morgan fingerprint density at radius 2 is 1.98 bits per heavy atom. The van der Waals surface area contributed by atoms with Gasteiger partial charge in [0.1, 0.15) is 60.5 Å². The van der Waals surface area contributed by atoms with Gasteiger partial charge in [-0.05, 0) is 38.1 Å². The first-order valence-corrected chi connectivity index (χ1v) is 14.5. The topological polar surface area (TPSA) is 188 Å². The van der Waals surface area contributed by atoms with Gasteiger partial charge in [0.2, 0.25) is 0 Å². The number of esters is 1. The Labute approximate surface area is 242 Å². The normalized spacial score (nSPS) is 25.4. The summed E-state index contributed by atoms with van der Waals surface area (Å²) in [6.45, 7) is 4.28. The smallest absolute Gasteiger partial charge is 0.459 e. The molecule has 0 saturated carbocycles. The molecule has 1 aromatic heterocycles. The summed E-state index contributed by atoms with van der Waals surface area (Å²) in [5.41, 5.74) is 4.23. The van der Waals surface area contributed by atoms with Crippen molar-refractivity contribution in [3.63, 3.8) is 0 Å². The first-order valence-electron chi connectivity index (χ1n) is 12.9. The summed E-state index contributed by atoms with van der Waals surface area (Å²) in [5, 5.41) is 28.2. The van der Waals surface area contributed by atoms with Gasteiger partial charge in [-0.2, -0.15) is 10.2 Å². The lowest BCUT2D eigenvalue weighted by atomic mass is 9.96. The number of rotatable bonds is 15. The third kappa shape index (κ3) is 7.42. The second-order valence-corrected chi connectivity index (χ2v) is 11.3. The molecule has 1 aromatic carbocycles. The zero-order chi connectivity index (χ0) is 31.1. The predicted molar refractivity (Wildman–Crippen MR) is 151 cm³/mol. The number of hydrogen-bond donors (Lipinski definition) is 4. The number of amidine groups is 1. The maximum absolute atomic E-state index is 14.6. The number of carbonyl (C=O) groups excluding carboxylic acids is 1. The summed E-state index contributed by atoms with van der Waals surface area (Å²) >= 11 is 0. The first-order chi connectivity index (χ1) is 19.9. The van der Waals surface area contributed by atoms with Crippen molar-refractivity contribution in [1.29, 1.82) is 0 Å².